The van der Waals surface area contributed by atoms with E-state index in [9.17, 15) is 0 Å². The molecule has 0 bridgehead atoms. The molecule has 0 rings (SSSR count). The molecule has 0 spiro atoms. The Morgan fingerprint density at radius 3 is 1.25 bits per heavy atom. The summed E-state index contributed by atoms with van der Waals surface area (Å²) in [6, 6.07) is 0. The minimum Gasteiger partial charge on any atom is -0.319 e. The predicted octanol–water partition coefficient (Wildman–Crippen LogP) is 1.83. The third-order valence-electron chi connectivity index (χ3n) is 0. The molecule has 0 saturated carbocycles. The van der Waals surface area contributed by atoms with Crippen molar-refractivity contribution in [1.82, 2.24) is 0 Å². The van der Waals surface area contributed by atoms with Crippen molar-refractivity contribution in [1.29, 1.82) is 0 Å². The first-order chi connectivity index (χ1) is 1.00. The fourth-order valence-electron chi connectivity index (χ4n) is 0. The molecule has 0 aliphatic heterocycles. The van der Waals surface area contributed by atoms with Crippen molar-refractivity contribution >= 4 is 46.6 Å². The molecule has 0 heterocycles. The second kappa shape index (κ2) is 19.5. The van der Waals surface area contributed by atoms with Crippen molar-refractivity contribution in [3.63, 3.8) is 0 Å². The topological polar surface area (TPSA) is 0 Å². The van der Waals surface area contributed by atoms with Crippen molar-refractivity contribution in [2.24, 2.45) is 0 Å². The summed E-state index contributed by atoms with van der Waals surface area (Å²) in [4.78, 5) is 3.22. The first kappa shape index (κ1) is 16.5. The van der Waals surface area contributed by atoms with Crippen molar-refractivity contribution in [2.75, 3.05) is 0 Å². The van der Waals surface area contributed by atoms with Gasteiger partial charge in [-0.3, -0.25) is 4.93 Å². The summed E-state index contributed by atoms with van der Waals surface area (Å²) in [7, 11) is 0. The molecule has 0 unspecified atom stereocenters. The van der Waals surface area contributed by atoms with Gasteiger partial charge in [-0.15, -0.1) is 24.0 Å². The second-order valence-corrected chi connectivity index (χ2v) is 0. The number of hydrogen-bond acceptors (Lipinski definition) is 0. The molecule has 0 N–H and O–H groups in total. The molecular formula is CH3I2Zn-. The average Bonchev–Trinajstić information content (AvgIpc) is 1.00. The van der Waals surface area contributed by atoms with E-state index in [0.29, 0.717) is 0 Å². The van der Waals surface area contributed by atoms with Crippen LogP contribution in [0, 0.1) is 4.93 Å². The van der Waals surface area contributed by atoms with Crippen LogP contribution in [-0.4, -0.2) is 0 Å². The zero-order valence-corrected chi connectivity index (χ0v) is 9.66. The van der Waals surface area contributed by atoms with Crippen LogP contribution in [-0.2, 0) is 19.5 Å². The predicted molar refractivity (Wildman–Crippen MR) is 34.8 cm³/mol. The Balaban J connectivity index is -0.00000000500. The van der Waals surface area contributed by atoms with Gasteiger partial charge in [-0.25, -0.2) is 0 Å². The smallest absolute Gasteiger partial charge is 0 e. The van der Waals surface area contributed by atoms with E-state index in [-0.39, 0.29) is 43.5 Å². The van der Waals surface area contributed by atoms with E-state index in [1.165, 1.54) is 0 Å². The van der Waals surface area contributed by atoms with Crippen LogP contribution in [0.2, 0.25) is 0 Å². The number of rotatable bonds is 0. The van der Waals surface area contributed by atoms with Gasteiger partial charge in [0.1, 0.15) is 0 Å². The Kier molecular flexibility index (Phi) is 80.7. The molecule has 0 aromatic heterocycles. The SMILES string of the molecule is I.[CH2-]I.[Zn]. The van der Waals surface area contributed by atoms with Crippen LogP contribution in [0.1, 0.15) is 0 Å². The molecule has 0 atom stereocenters. The molecule has 0 aliphatic rings. The third kappa shape index (κ3) is 8.94. The molecule has 0 aromatic carbocycles. The fourth-order valence-corrected chi connectivity index (χ4v) is 0. The molecule has 4 heavy (non-hydrogen) atoms. The van der Waals surface area contributed by atoms with Gasteiger partial charge in [0.2, 0.25) is 0 Å². The van der Waals surface area contributed by atoms with E-state index in [0.717, 1.165) is 0 Å². The third-order valence-corrected chi connectivity index (χ3v) is 0. The number of hydrogen-bond donors (Lipinski definition) is 0. The molecule has 0 aromatic rings. The van der Waals surface area contributed by atoms with Crippen LogP contribution in [0.3, 0.4) is 0 Å². The van der Waals surface area contributed by atoms with Gasteiger partial charge in [-0.1, -0.05) is 0 Å². The Morgan fingerprint density at radius 1 is 1.25 bits per heavy atom. The van der Waals surface area contributed by atoms with Gasteiger partial charge in [0.15, 0.2) is 0 Å². The largest absolute Gasteiger partial charge is 0.319 e. The van der Waals surface area contributed by atoms with E-state index in [1.54, 1.807) is 0 Å². The quantitative estimate of drug-likeness (QED) is 0.360. The normalized spacial score (nSPS) is 1.50. The van der Waals surface area contributed by atoms with Gasteiger partial charge in [0.05, 0.1) is 0 Å². The van der Waals surface area contributed by atoms with Crippen LogP contribution in [0.5, 0.6) is 0 Å². The second-order valence-electron chi connectivity index (χ2n) is 0. The molecule has 0 aliphatic carbocycles. The maximum atomic E-state index is 3.22. The number of halogens is 2. The van der Waals surface area contributed by atoms with Crippen LogP contribution in [0.15, 0.2) is 0 Å². The standard InChI is InChI=1S/CH2I.HI.Zn/c1-2;;/h1H2;1H;/q-1;;. The zero-order valence-electron chi connectivity index (χ0n) is 2.20. The fraction of sp³-hybridized carbons (Fsp3) is 0. The van der Waals surface area contributed by atoms with Crippen LogP contribution >= 0.6 is 46.6 Å². The summed E-state index contributed by atoms with van der Waals surface area (Å²) in [5.74, 6) is 0. The maximum Gasteiger partial charge on any atom is 0 e. The van der Waals surface area contributed by atoms with E-state index in [1.807, 2.05) is 22.6 Å². The van der Waals surface area contributed by atoms with Gasteiger partial charge < -0.3 is 22.6 Å². The molecular weight excluding hydrogens is 331 g/mol. The minimum atomic E-state index is 0. The molecule has 0 radical (unpaired) electrons. The van der Waals surface area contributed by atoms with Crippen molar-refractivity contribution in [3.05, 3.63) is 4.93 Å². The summed E-state index contributed by atoms with van der Waals surface area (Å²) in [6.07, 6.45) is 0. The zero-order chi connectivity index (χ0) is 2.00. The van der Waals surface area contributed by atoms with Gasteiger partial charge in [-0.2, -0.15) is 0 Å². The average molecular weight is 334 g/mol. The monoisotopic (exact) mass is 333 g/mol. The first-order valence-corrected chi connectivity index (χ1v) is 1.79. The Bertz CT molecular complexity index is 6.00. The van der Waals surface area contributed by atoms with E-state index < -0.39 is 0 Å². The Hall–Kier alpha value is 2.08. The molecule has 0 amide bonds. The van der Waals surface area contributed by atoms with E-state index >= 15 is 0 Å². The first-order valence-electron chi connectivity index (χ1n) is 0.267. The van der Waals surface area contributed by atoms with Crippen molar-refractivity contribution < 1.29 is 19.5 Å². The summed E-state index contributed by atoms with van der Waals surface area (Å²) < 4.78 is 0. The molecule has 0 saturated heterocycles. The maximum absolute atomic E-state index is 3.22. The van der Waals surface area contributed by atoms with Gasteiger partial charge in [0, 0.05) is 19.5 Å². The minimum absolute atomic E-state index is 0. The Morgan fingerprint density at radius 2 is 1.25 bits per heavy atom. The summed E-state index contributed by atoms with van der Waals surface area (Å²) in [5, 5.41) is 0. The van der Waals surface area contributed by atoms with Gasteiger partial charge >= 0.3 is 0 Å². The van der Waals surface area contributed by atoms with Gasteiger partial charge in [-0.05, 0) is 0 Å². The molecule has 0 nitrogen and oxygen atoms in total. The molecule has 24 valence electrons. The van der Waals surface area contributed by atoms with Crippen LogP contribution in [0.25, 0.3) is 0 Å². The molecule has 0 fully saturated rings. The van der Waals surface area contributed by atoms with Crippen molar-refractivity contribution in [2.45, 2.75) is 0 Å². The van der Waals surface area contributed by atoms with Gasteiger partial charge in [0.25, 0.3) is 0 Å². The van der Waals surface area contributed by atoms with Crippen LogP contribution in [0.4, 0.5) is 0 Å². The summed E-state index contributed by atoms with van der Waals surface area (Å²) >= 11 is 1.90. The summed E-state index contributed by atoms with van der Waals surface area (Å²) in [5.41, 5.74) is 0. The van der Waals surface area contributed by atoms with E-state index in [4.69, 9.17) is 0 Å². The van der Waals surface area contributed by atoms with Crippen molar-refractivity contribution in [3.8, 4) is 0 Å². The van der Waals surface area contributed by atoms with Crippen LogP contribution < -0.4 is 0 Å². The summed E-state index contributed by atoms with van der Waals surface area (Å²) in [6.45, 7) is 0. The Labute approximate surface area is 70.0 Å². The molecule has 3 heteroatoms. The van der Waals surface area contributed by atoms with E-state index in [2.05, 4.69) is 4.93 Å².